The Morgan fingerprint density at radius 1 is 1.25 bits per heavy atom. The van der Waals surface area contributed by atoms with Crippen molar-refractivity contribution in [1.82, 2.24) is 14.5 Å². The molecule has 0 atom stereocenters. The molecule has 10 heteroatoms. The summed E-state index contributed by atoms with van der Waals surface area (Å²) >= 11 is 0. The predicted octanol–water partition coefficient (Wildman–Crippen LogP) is 3.77. The smallest absolute Gasteiger partial charge is 0.449 e. The molecule has 0 bridgehead atoms. The molecule has 4 aromatic rings. The van der Waals surface area contributed by atoms with Crippen LogP contribution in [0.4, 0.5) is 17.6 Å². The molecule has 3 aromatic heterocycles. The third kappa shape index (κ3) is 2.60. The summed E-state index contributed by atoms with van der Waals surface area (Å²) in [4.78, 5) is 19.8. The van der Waals surface area contributed by atoms with Gasteiger partial charge in [-0.15, -0.1) is 0 Å². The van der Waals surface area contributed by atoms with Crippen LogP contribution >= 0.6 is 0 Å². The molecule has 0 saturated heterocycles. The molecule has 0 aliphatic carbocycles. The van der Waals surface area contributed by atoms with Crippen LogP contribution < -0.4 is 5.43 Å². The van der Waals surface area contributed by atoms with Crippen molar-refractivity contribution in [3.63, 3.8) is 0 Å². The number of benzene rings is 1. The van der Waals surface area contributed by atoms with E-state index < -0.39 is 34.3 Å². The minimum Gasteiger partial charge on any atom is -0.453 e. The van der Waals surface area contributed by atoms with Crippen molar-refractivity contribution in [3.8, 4) is 17.4 Å². The van der Waals surface area contributed by atoms with E-state index >= 15 is 0 Å². The van der Waals surface area contributed by atoms with Gasteiger partial charge in [-0.05, 0) is 18.2 Å². The lowest BCUT2D eigenvalue weighted by Crippen LogP contribution is -2.12. The summed E-state index contributed by atoms with van der Waals surface area (Å²) in [6.07, 6.45) is -3.54. The maximum atomic E-state index is 14.4. The number of rotatable bonds is 1. The molecule has 0 aliphatic heterocycles. The normalized spacial score (nSPS) is 11.9. The van der Waals surface area contributed by atoms with E-state index in [4.69, 9.17) is 9.68 Å². The van der Waals surface area contributed by atoms with Crippen molar-refractivity contribution in [2.45, 2.75) is 6.18 Å². The van der Waals surface area contributed by atoms with E-state index in [-0.39, 0.29) is 22.4 Å². The number of imidazole rings is 1. The largest absolute Gasteiger partial charge is 0.453 e. The second-order valence-electron chi connectivity index (χ2n) is 5.94. The molecule has 6 nitrogen and oxygen atoms in total. The number of aromatic nitrogens is 3. The van der Waals surface area contributed by atoms with Gasteiger partial charge in [-0.1, -0.05) is 0 Å². The third-order valence-electron chi connectivity index (χ3n) is 4.21. The molecule has 0 N–H and O–H groups in total. The fourth-order valence-electron chi connectivity index (χ4n) is 2.94. The van der Waals surface area contributed by atoms with E-state index in [1.807, 2.05) is 6.07 Å². The van der Waals surface area contributed by atoms with Crippen molar-refractivity contribution in [1.29, 1.82) is 5.26 Å². The van der Waals surface area contributed by atoms with Gasteiger partial charge in [-0.2, -0.15) is 18.4 Å². The molecule has 0 aliphatic rings. The Morgan fingerprint density at radius 3 is 2.61 bits per heavy atom. The van der Waals surface area contributed by atoms with Crippen molar-refractivity contribution in [3.05, 3.63) is 58.0 Å². The van der Waals surface area contributed by atoms with E-state index in [1.165, 1.54) is 18.3 Å². The highest BCUT2D eigenvalue weighted by molar-refractivity contribution is 6.01. The molecule has 0 spiro atoms. The molecule has 140 valence electrons. The first-order valence-corrected chi connectivity index (χ1v) is 7.77. The number of hydrogen-bond donors (Lipinski definition) is 0. The summed E-state index contributed by atoms with van der Waals surface area (Å²) in [6.45, 7) is 0. The summed E-state index contributed by atoms with van der Waals surface area (Å²) < 4.78 is 60.1. The molecular formula is C18H8F4N4O2. The van der Waals surface area contributed by atoms with Gasteiger partial charge in [-0.25, -0.2) is 14.4 Å². The summed E-state index contributed by atoms with van der Waals surface area (Å²) in [6, 6.07) is 6.59. The van der Waals surface area contributed by atoms with Crippen LogP contribution in [-0.4, -0.2) is 14.5 Å². The monoisotopic (exact) mass is 388 g/mol. The van der Waals surface area contributed by atoms with Gasteiger partial charge >= 0.3 is 6.18 Å². The van der Waals surface area contributed by atoms with Crippen LogP contribution in [-0.2, 0) is 13.2 Å². The topological polar surface area (TPSA) is 84.7 Å². The van der Waals surface area contributed by atoms with E-state index in [9.17, 15) is 22.4 Å². The maximum absolute atomic E-state index is 14.4. The maximum Gasteiger partial charge on any atom is 0.449 e. The van der Waals surface area contributed by atoms with Crippen LogP contribution in [0, 0.1) is 17.1 Å². The number of pyridine rings is 1. The molecule has 28 heavy (non-hydrogen) atoms. The summed E-state index contributed by atoms with van der Waals surface area (Å²) in [5.41, 5.74) is -1.31. The van der Waals surface area contributed by atoms with Crippen LogP contribution in [0.15, 0.2) is 39.7 Å². The Labute approximate surface area is 153 Å². The Balaban J connectivity index is 2.07. The number of nitrogens with zero attached hydrogens (tertiary/aromatic N) is 4. The van der Waals surface area contributed by atoms with Crippen LogP contribution in [0.1, 0.15) is 11.5 Å². The lowest BCUT2D eigenvalue weighted by Gasteiger charge is -2.06. The predicted molar refractivity (Wildman–Crippen MR) is 89.7 cm³/mol. The molecule has 1 aromatic carbocycles. The first kappa shape index (κ1) is 17.7. The SMILES string of the molecule is Cn1c(C(F)(F)F)nc2c3oc(-c4ccc(C#N)nc4)cc(=O)c3cc(F)c21. The zero-order valence-electron chi connectivity index (χ0n) is 14.0. The van der Waals surface area contributed by atoms with Crippen molar-refractivity contribution < 1.29 is 22.0 Å². The van der Waals surface area contributed by atoms with Gasteiger partial charge in [0.2, 0.25) is 5.82 Å². The number of nitriles is 1. The fourth-order valence-corrected chi connectivity index (χ4v) is 2.94. The molecule has 0 unspecified atom stereocenters. The van der Waals surface area contributed by atoms with Gasteiger partial charge in [-0.3, -0.25) is 4.79 Å². The van der Waals surface area contributed by atoms with E-state index in [0.29, 0.717) is 10.1 Å². The van der Waals surface area contributed by atoms with E-state index in [1.54, 1.807) is 0 Å². The highest BCUT2D eigenvalue weighted by atomic mass is 19.4. The van der Waals surface area contributed by atoms with Crippen molar-refractivity contribution in [2.24, 2.45) is 7.05 Å². The van der Waals surface area contributed by atoms with Crippen LogP contribution in [0.2, 0.25) is 0 Å². The Morgan fingerprint density at radius 2 is 2.00 bits per heavy atom. The first-order valence-electron chi connectivity index (χ1n) is 7.77. The van der Waals surface area contributed by atoms with Crippen LogP contribution in [0.25, 0.3) is 33.3 Å². The van der Waals surface area contributed by atoms with Crippen LogP contribution in [0.3, 0.4) is 0 Å². The molecule has 0 fully saturated rings. The lowest BCUT2D eigenvalue weighted by atomic mass is 10.1. The number of fused-ring (bicyclic) bond motifs is 3. The lowest BCUT2D eigenvalue weighted by molar-refractivity contribution is -0.146. The van der Waals surface area contributed by atoms with Gasteiger partial charge < -0.3 is 8.98 Å². The minimum atomic E-state index is -4.82. The van der Waals surface area contributed by atoms with Crippen molar-refractivity contribution in [2.75, 3.05) is 0 Å². The summed E-state index contributed by atoms with van der Waals surface area (Å²) in [5, 5.41) is 8.56. The van der Waals surface area contributed by atoms with Gasteiger partial charge in [0.25, 0.3) is 0 Å². The minimum absolute atomic E-state index is 0.00149. The molecule has 0 saturated carbocycles. The zero-order valence-corrected chi connectivity index (χ0v) is 14.0. The van der Waals surface area contributed by atoms with Gasteiger partial charge in [0.1, 0.15) is 34.4 Å². The highest BCUT2D eigenvalue weighted by Gasteiger charge is 2.38. The number of halogens is 4. The number of aryl methyl sites for hydroxylation is 1. The Bertz CT molecular complexity index is 1350. The summed E-state index contributed by atoms with van der Waals surface area (Å²) in [7, 11) is 1.03. The third-order valence-corrected chi connectivity index (χ3v) is 4.21. The standard InChI is InChI=1S/C18H8F4N4O2/c1-26-15-11(19)4-10-12(27)5-13(8-2-3-9(6-23)24-7-8)28-16(10)14(15)25-17(26)18(20,21)22/h2-5,7H,1H3. The van der Waals surface area contributed by atoms with Gasteiger partial charge in [0.15, 0.2) is 11.0 Å². The average molecular weight is 388 g/mol. The van der Waals surface area contributed by atoms with Gasteiger partial charge in [0.05, 0.1) is 5.39 Å². The van der Waals surface area contributed by atoms with E-state index in [0.717, 1.165) is 19.2 Å². The van der Waals surface area contributed by atoms with Crippen molar-refractivity contribution >= 4 is 22.0 Å². The Hall–Kier alpha value is -3.74. The van der Waals surface area contributed by atoms with Gasteiger partial charge in [0, 0.05) is 24.9 Å². The molecule has 0 amide bonds. The highest BCUT2D eigenvalue weighted by Crippen LogP contribution is 2.35. The number of hydrogen-bond acceptors (Lipinski definition) is 5. The second-order valence-corrected chi connectivity index (χ2v) is 5.94. The zero-order chi connectivity index (χ0) is 20.2. The molecular weight excluding hydrogens is 380 g/mol. The van der Waals surface area contributed by atoms with Crippen LogP contribution in [0.5, 0.6) is 0 Å². The Kier molecular flexibility index (Phi) is 3.71. The molecule has 0 radical (unpaired) electrons. The second kappa shape index (κ2) is 5.88. The summed E-state index contributed by atoms with van der Waals surface area (Å²) in [5.74, 6) is -2.34. The quantitative estimate of drug-likeness (QED) is 0.464. The first-order chi connectivity index (χ1) is 13.2. The fraction of sp³-hybridized carbons (Fsp3) is 0.111. The average Bonchev–Trinajstić information content (AvgIpc) is 3.01. The number of alkyl halides is 3. The van der Waals surface area contributed by atoms with E-state index in [2.05, 4.69) is 9.97 Å². The molecule has 3 heterocycles. The molecule has 4 rings (SSSR count).